The molecule has 1 aromatic carbocycles. The summed E-state index contributed by atoms with van der Waals surface area (Å²) < 4.78 is 0. The van der Waals surface area contributed by atoms with Crippen molar-refractivity contribution in [1.29, 1.82) is 0 Å². The zero-order valence-electron chi connectivity index (χ0n) is 13.5. The lowest BCUT2D eigenvalue weighted by Gasteiger charge is -2.34. The molecule has 0 unspecified atom stereocenters. The molecule has 0 aliphatic carbocycles. The van der Waals surface area contributed by atoms with Crippen LogP contribution in [0.2, 0.25) is 5.02 Å². The molecule has 7 nitrogen and oxygen atoms in total. The van der Waals surface area contributed by atoms with Gasteiger partial charge in [0.05, 0.1) is 6.54 Å². The van der Waals surface area contributed by atoms with Crippen molar-refractivity contribution in [3.8, 4) is 0 Å². The Morgan fingerprint density at radius 3 is 2.50 bits per heavy atom. The number of rotatable bonds is 4. The van der Waals surface area contributed by atoms with Crippen LogP contribution in [0.3, 0.4) is 0 Å². The molecule has 130 valence electrons. The predicted octanol–water partition coefficient (Wildman–Crippen LogP) is 0.944. The number of carbonyl (C=O) groups excluding carboxylic acids is 3. The lowest BCUT2D eigenvalue weighted by atomic mass is 10.2. The molecule has 24 heavy (non-hydrogen) atoms. The monoisotopic (exact) mass is 352 g/mol. The summed E-state index contributed by atoms with van der Waals surface area (Å²) in [5.74, 6) is -0.417. The number of carbonyl (C=O) groups is 3. The fraction of sp³-hybridized carbons (Fsp3) is 0.438. The smallest absolute Gasteiger partial charge is 0.321 e. The number of hydrogen-bond donors (Lipinski definition) is 2. The number of urea groups is 1. The van der Waals surface area contributed by atoms with E-state index in [9.17, 15) is 14.4 Å². The molecule has 8 heteroatoms. The van der Waals surface area contributed by atoms with E-state index in [4.69, 9.17) is 11.6 Å². The average molecular weight is 353 g/mol. The lowest BCUT2D eigenvalue weighted by Crippen LogP contribution is -2.52. The van der Waals surface area contributed by atoms with Crippen LogP contribution in [0.25, 0.3) is 0 Å². The van der Waals surface area contributed by atoms with Crippen molar-refractivity contribution in [3.05, 3.63) is 34.9 Å². The van der Waals surface area contributed by atoms with E-state index in [1.165, 1.54) is 0 Å². The predicted molar refractivity (Wildman–Crippen MR) is 91.0 cm³/mol. The Hall–Kier alpha value is -2.12. The van der Waals surface area contributed by atoms with Gasteiger partial charge in [0.15, 0.2) is 0 Å². The maximum atomic E-state index is 12.4. The third kappa shape index (κ3) is 5.21. The molecule has 1 aliphatic heterocycles. The minimum Gasteiger partial charge on any atom is -0.338 e. The molecular formula is C16H21ClN4O3. The minimum absolute atomic E-state index is 0.0658. The Morgan fingerprint density at radius 2 is 1.88 bits per heavy atom. The highest BCUT2D eigenvalue weighted by atomic mass is 35.5. The van der Waals surface area contributed by atoms with E-state index in [0.29, 0.717) is 43.3 Å². The van der Waals surface area contributed by atoms with Crippen LogP contribution in [0.1, 0.15) is 17.3 Å². The van der Waals surface area contributed by atoms with Gasteiger partial charge in [0, 0.05) is 43.3 Å². The van der Waals surface area contributed by atoms with Gasteiger partial charge >= 0.3 is 6.03 Å². The summed E-state index contributed by atoms with van der Waals surface area (Å²) in [5.41, 5.74) is 0.560. The number of halogens is 1. The highest BCUT2D eigenvalue weighted by molar-refractivity contribution is 6.30. The lowest BCUT2D eigenvalue weighted by molar-refractivity contribution is -0.121. The summed E-state index contributed by atoms with van der Waals surface area (Å²) >= 11 is 5.92. The third-order valence-electron chi connectivity index (χ3n) is 3.69. The van der Waals surface area contributed by atoms with Gasteiger partial charge in [-0.3, -0.25) is 19.8 Å². The fourth-order valence-electron chi connectivity index (χ4n) is 2.49. The van der Waals surface area contributed by atoms with Crippen LogP contribution in [0.15, 0.2) is 24.3 Å². The van der Waals surface area contributed by atoms with E-state index >= 15 is 0 Å². The molecule has 0 aromatic heterocycles. The van der Waals surface area contributed by atoms with Gasteiger partial charge in [-0.2, -0.15) is 0 Å². The van der Waals surface area contributed by atoms with Crippen LogP contribution < -0.4 is 10.6 Å². The first-order chi connectivity index (χ1) is 11.5. The summed E-state index contributed by atoms with van der Waals surface area (Å²) in [6, 6.07) is 6.37. The SMILES string of the molecule is CCNC(=O)NC(=O)CN1CCN(C(=O)c2cccc(Cl)c2)CC1. The highest BCUT2D eigenvalue weighted by Crippen LogP contribution is 2.14. The van der Waals surface area contributed by atoms with Gasteiger partial charge in [-0.05, 0) is 25.1 Å². The molecule has 1 heterocycles. The Kier molecular flexibility index (Phi) is 6.57. The Labute approximate surface area is 145 Å². The van der Waals surface area contributed by atoms with E-state index in [2.05, 4.69) is 10.6 Å². The van der Waals surface area contributed by atoms with Crippen molar-refractivity contribution < 1.29 is 14.4 Å². The number of nitrogens with one attached hydrogen (secondary N) is 2. The zero-order valence-corrected chi connectivity index (χ0v) is 14.3. The molecule has 4 amide bonds. The molecule has 1 aromatic rings. The topological polar surface area (TPSA) is 81.8 Å². The average Bonchev–Trinajstić information content (AvgIpc) is 2.55. The van der Waals surface area contributed by atoms with E-state index in [1.54, 1.807) is 36.1 Å². The Bertz CT molecular complexity index is 615. The number of piperazine rings is 1. The number of imide groups is 1. The number of hydrogen-bond acceptors (Lipinski definition) is 4. The first kappa shape index (κ1) is 18.2. The number of nitrogens with zero attached hydrogens (tertiary/aromatic N) is 2. The largest absolute Gasteiger partial charge is 0.338 e. The highest BCUT2D eigenvalue weighted by Gasteiger charge is 2.23. The zero-order chi connectivity index (χ0) is 17.5. The van der Waals surface area contributed by atoms with Crippen molar-refractivity contribution in [1.82, 2.24) is 20.4 Å². The van der Waals surface area contributed by atoms with Gasteiger partial charge in [-0.1, -0.05) is 17.7 Å². The third-order valence-corrected chi connectivity index (χ3v) is 3.92. The van der Waals surface area contributed by atoms with Gasteiger partial charge in [0.25, 0.3) is 5.91 Å². The van der Waals surface area contributed by atoms with Crippen LogP contribution >= 0.6 is 11.6 Å². The van der Waals surface area contributed by atoms with Gasteiger partial charge in [0.2, 0.25) is 5.91 Å². The summed E-state index contributed by atoms with van der Waals surface area (Å²) in [4.78, 5) is 39.1. The molecule has 0 spiro atoms. The van der Waals surface area contributed by atoms with E-state index in [-0.39, 0.29) is 18.4 Å². The maximum Gasteiger partial charge on any atom is 0.321 e. The Morgan fingerprint density at radius 1 is 1.17 bits per heavy atom. The summed E-state index contributed by atoms with van der Waals surface area (Å²) in [6.45, 7) is 4.59. The van der Waals surface area contributed by atoms with Crippen LogP contribution in [0, 0.1) is 0 Å². The Balaban J connectivity index is 1.80. The van der Waals surface area contributed by atoms with Gasteiger partial charge in [-0.25, -0.2) is 4.79 Å². The van der Waals surface area contributed by atoms with Gasteiger partial charge in [-0.15, -0.1) is 0 Å². The van der Waals surface area contributed by atoms with Crippen LogP contribution in [-0.4, -0.2) is 66.9 Å². The van der Waals surface area contributed by atoms with Crippen LogP contribution in [0.4, 0.5) is 4.79 Å². The minimum atomic E-state index is -0.489. The van der Waals surface area contributed by atoms with E-state index in [0.717, 1.165) is 0 Å². The molecule has 0 radical (unpaired) electrons. The molecule has 1 aliphatic rings. The van der Waals surface area contributed by atoms with Crippen molar-refractivity contribution >= 4 is 29.4 Å². The van der Waals surface area contributed by atoms with E-state index < -0.39 is 6.03 Å². The standard InChI is InChI=1S/C16H21ClN4O3/c1-2-18-16(24)19-14(22)11-20-6-8-21(9-7-20)15(23)12-4-3-5-13(17)10-12/h3-5,10H,2,6-9,11H2,1H3,(H2,18,19,22,24). The van der Waals surface area contributed by atoms with Crippen LogP contribution in [0.5, 0.6) is 0 Å². The quantitative estimate of drug-likeness (QED) is 0.845. The molecule has 0 saturated carbocycles. The summed E-state index contributed by atoms with van der Waals surface area (Å²) in [7, 11) is 0. The molecule has 2 N–H and O–H groups in total. The first-order valence-electron chi connectivity index (χ1n) is 7.84. The molecular weight excluding hydrogens is 332 g/mol. The summed E-state index contributed by atoms with van der Waals surface area (Å²) in [5, 5.41) is 5.30. The molecule has 1 saturated heterocycles. The maximum absolute atomic E-state index is 12.4. The van der Waals surface area contributed by atoms with Crippen molar-refractivity contribution in [3.63, 3.8) is 0 Å². The van der Waals surface area contributed by atoms with E-state index in [1.807, 2.05) is 4.90 Å². The van der Waals surface area contributed by atoms with Crippen molar-refractivity contribution in [2.45, 2.75) is 6.92 Å². The second-order valence-corrected chi connectivity index (χ2v) is 5.92. The first-order valence-corrected chi connectivity index (χ1v) is 8.22. The van der Waals surface area contributed by atoms with Gasteiger partial charge < -0.3 is 10.2 Å². The number of amides is 4. The van der Waals surface area contributed by atoms with Crippen LogP contribution in [-0.2, 0) is 4.79 Å². The second-order valence-electron chi connectivity index (χ2n) is 5.49. The fourth-order valence-corrected chi connectivity index (χ4v) is 2.68. The summed E-state index contributed by atoms with van der Waals surface area (Å²) in [6.07, 6.45) is 0. The van der Waals surface area contributed by atoms with Crippen molar-refractivity contribution in [2.24, 2.45) is 0 Å². The van der Waals surface area contributed by atoms with Gasteiger partial charge in [0.1, 0.15) is 0 Å². The molecule has 0 bridgehead atoms. The molecule has 1 fully saturated rings. The molecule has 2 rings (SSSR count). The number of benzene rings is 1. The second kappa shape index (κ2) is 8.65. The molecule has 0 atom stereocenters. The normalized spacial score (nSPS) is 15.0. The van der Waals surface area contributed by atoms with Crippen molar-refractivity contribution in [2.75, 3.05) is 39.3 Å².